The van der Waals surface area contributed by atoms with Gasteiger partial charge in [-0.2, -0.15) is 0 Å². The van der Waals surface area contributed by atoms with Crippen LogP contribution in [0.2, 0.25) is 0 Å². The normalized spacial score (nSPS) is 31.5. The highest BCUT2D eigenvalue weighted by molar-refractivity contribution is 5.89. The molecular formula is C33H44O17. The summed E-state index contributed by atoms with van der Waals surface area (Å²) >= 11 is 0. The van der Waals surface area contributed by atoms with E-state index in [2.05, 4.69) is 0 Å². The maximum Gasteiger partial charge on any atom is 0.337 e. The van der Waals surface area contributed by atoms with Crippen LogP contribution in [0.5, 0.6) is 11.5 Å². The molecule has 2 fully saturated rings. The molecular weight excluding hydrogens is 668 g/mol. The standard InChI is InChI=1S/C33H44O17/c1-15(2)33(46,31(44)45)32(30(42)43,11-16-3-7-18(8-4-16)47-28-26(40)24(38)22(36)20(13-34)49-28)12-17-5-9-19(10-6-17)48-29-27(41)25(39)23(37)21(14-35)50-29/h3-10,15,20-29,34-41,46H,11-14H2,1-2H3,(H,42,43)(H,44,45)/t20-,21-,22-,23-,24+,25+,26-,27-,28-,29-,33-/m1/s1. The molecule has 0 unspecified atom stereocenters. The summed E-state index contributed by atoms with van der Waals surface area (Å²) in [7, 11) is 0. The van der Waals surface area contributed by atoms with E-state index in [9.17, 15) is 65.8 Å². The van der Waals surface area contributed by atoms with Crippen LogP contribution in [-0.2, 0) is 31.9 Å². The lowest BCUT2D eigenvalue weighted by Crippen LogP contribution is -2.63. The van der Waals surface area contributed by atoms with E-state index in [1.165, 1.54) is 62.4 Å². The zero-order valence-electron chi connectivity index (χ0n) is 27.2. The second-order valence-electron chi connectivity index (χ2n) is 12.9. The Hall–Kier alpha value is -3.46. The van der Waals surface area contributed by atoms with Crippen molar-refractivity contribution in [3.63, 3.8) is 0 Å². The highest BCUT2D eigenvalue weighted by Crippen LogP contribution is 2.44. The first-order chi connectivity index (χ1) is 23.5. The van der Waals surface area contributed by atoms with E-state index in [4.69, 9.17) is 18.9 Å². The number of hydrogen-bond acceptors (Lipinski definition) is 15. The minimum Gasteiger partial charge on any atom is -0.481 e. The van der Waals surface area contributed by atoms with Crippen molar-refractivity contribution in [3.8, 4) is 11.5 Å². The third-order valence-corrected chi connectivity index (χ3v) is 9.36. The molecule has 0 spiro atoms. The Morgan fingerprint density at radius 3 is 1.28 bits per heavy atom. The van der Waals surface area contributed by atoms with Crippen molar-refractivity contribution in [2.24, 2.45) is 11.3 Å². The maximum absolute atomic E-state index is 13.2. The van der Waals surface area contributed by atoms with Gasteiger partial charge >= 0.3 is 11.9 Å². The Morgan fingerprint density at radius 1 is 0.640 bits per heavy atom. The number of carboxylic acids is 2. The Bertz CT molecular complexity index is 1350. The third-order valence-electron chi connectivity index (χ3n) is 9.36. The molecule has 278 valence electrons. The summed E-state index contributed by atoms with van der Waals surface area (Å²) < 4.78 is 21.9. The van der Waals surface area contributed by atoms with Crippen LogP contribution in [0.1, 0.15) is 25.0 Å². The van der Waals surface area contributed by atoms with E-state index in [0.29, 0.717) is 0 Å². The third kappa shape index (κ3) is 7.58. The molecule has 2 aromatic carbocycles. The van der Waals surface area contributed by atoms with Crippen LogP contribution in [0.15, 0.2) is 48.5 Å². The molecule has 2 saturated heterocycles. The van der Waals surface area contributed by atoms with Crippen LogP contribution in [0.25, 0.3) is 0 Å². The summed E-state index contributed by atoms with van der Waals surface area (Å²) in [5.74, 6) is -4.32. The molecule has 2 aliphatic rings. The number of hydrogen-bond donors (Lipinski definition) is 11. The van der Waals surface area contributed by atoms with Gasteiger partial charge in [0.25, 0.3) is 0 Å². The zero-order valence-corrected chi connectivity index (χ0v) is 27.2. The lowest BCUT2D eigenvalue weighted by molar-refractivity contribution is -0.277. The predicted molar refractivity (Wildman–Crippen MR) is 167 cm³/mol. The molecule has 0 aromatic heterocycles. The molecule has 0 amide bonds. The molecule has 0 aliphatic carbocycles. The predicted octanol–water partition coefficient (Wildman–Crippen LogP) is -2.63. The molecule has 2 aliphatic heterocycles. The van der Waals surface area contributed by atoms with E-state index in [1.54, 1.807) is 0 Å². The molecule has 0 bridgehead atoms. The first kappa shape index (κ1) is 39.3. The highest BCUT2D eigenvalue weighted by atomic mass is 16.7. The minimum atomic E-state index is -2.81. The van der Waals surface area contributed by atoms with Crippen LogP contribution < -0.4 is 9.47 Å². The number of rotatable bonds is 14. The van der Waals surface area contributed by atoms with Crippen LogP contribution in [0.3, 0.4) is 0 Å². The molecule has 0 saturated carbocycles. The van der Waals surface area contributed by atoms with Crippen molar-refractivity contribution >= 4 is 11.9 Å². The fraction of sp³-hybridized carbons (Fsp3) is 0.576. The summed E-state index contributed by atoms with van der Waals surface area (Å²) in [6, 6.07) is 11.1. The fourth-order valence-corrected chi connectivity index (χ4v) is 6.32. The van der Waals surface area contributed by atoms with Gasteiger partial charge in [0.1, 0.15) is 65.7 Å². The second kappa shape index (κ2) is 15.8. The van der Waals surface area contributed by atoms with Crippen molar-refractivity contribution in [2.45, 2.75) is 93.7 Å². The molecule has 2 aromatic rings. The largest absolute Gasteiger partial charge is 0.481 e. The SMILES string of the molecule is CC(C)[C@@](O)(C(=O)O)C(Cc1ccc(O[C@@H]2O[C@H](CO)[C@@H](O)[C@H](O)[C@H]2O)cc1)(Cc1ccc(O[C@@H]2O[C@H](CO)[C@@H](O)[C@H](O)[C@H]2O)cc1)C(=O)O. The quantitative estimate of drug-likeness (QED) is 0.0955. The maximum atomic E-state index is 13.2. The number of carbonyl (C=O) groups is 2. The minimum absolute atomic E-state index is 0.0753. The van der Waals surface area contributed by atoms with Gasteiger partial charge in [-0.3, -0.25) is 4.79 Å². The van der Waals surface area contributed by atoms with E-state index in [-0.39, 0.29) is 22.6 Å². The summed E-state index contributed by atoms with van der Waals surface area (Å²) in [6.07, 6.45) is -16.3. The summed E-state index contributed by atoms with van der Waals surface area (Å²) in [6.45, 7) is 1.41. The van der Waals surface area contributed by atoms with Crippen molar-refractivity contribution in [1.82, 2.24) is 0 Å². The van der Waals surface area contributed by atoms with Crippen LogP contribution in [0.4, 0.5) is 0 Å². The topological polar surface area (TPSA) is 294 Å². The zero-order chi connectivity index (χ0) is 37.1. The Kier molecular flexibility index (Phi) is 12.5. The Morgan fingerprint density at radius 2 is 1.00 bits per heavy atom. The van der Waals surface area contributed by atoms with Gasteiger partial charge < -0.3 is 75.1 Å². The lowest BCUT2D eigenvalue weighted by atomic mass is 9.60. The highest BCUT2D eigenvalue weighted by Gasteiger charge is 2.62. The number of benzene rings is 2. The van der Waals surface area contributed by atoms with E-state index in [0.717, 1.165) is 0 Å². The van der Waals surface area contributed by atoms with E-state index >= 15 is 0 Å². The lowest BCUT2D eigenvalue weighted by Gasteiger charge is -2.44. The molecule has 50 heavy (non-hydrogen) atoms. The van der Waals surface area contributed by atoms with Crippen molar-refractivity contribution in [3.05, 3.63) is 59.7 Å². The van der Waals surface area contributed by atoms with Crippen molar-refractivity contribution in [1.29, 1.82) is 0 Å². The first-order valence-electron chi connectivity index (χ1n) is 15.8. The summed E-state index contributed by atoms with van der Waals surface area (Å²) in [5.41, 5.74) is -4.63. The van der Waals surface area contributed by atoms with Crippen molar-refractivity contribution in [2.75, 3.05) is 13.2 Å². The van der Waals surface area contributed by atoms with Gasteiger partial charge in [-0.15, -0.1) is 0 Å². The summed E-state index contributed by atoms with van der Waals surface area (Å²) in [5, 5.41) is 112. The summed E-state index contributed by atoms with van der Waals surface area (Å²) in [4.78, 5) is 25.8. The van der Waals surface area contributed by atoms with Crippen LogP contribution in [0, 0.1) is 11.3 Å². The number of carboxylic acid groups (broad SMARTS) is 2. The van der Waals surface area contributed by atoms with Gasteiger partial charge in [0, 0.05) is 0 Å². The molecule has 17 nitrogen and oxygen atoms in total. The molecule has 11 atom stereocenters. The Labute approximate surface area is 286 Å². The average Bonchev–Trinajstić information content (AvgIpc) is 3.09. The fourth-order valence-electron chi connectivity index (χ4n) is 6.32. The van der Waals surface area contributed by atoms with Gasteiger partial charge in [0.15, 0.2) is 5.60 Å². The number of aliphatic hydroxyl groups excluding tert-OH is 8. The molecule has 2 heterocycles. The van der Waals surface area contributed by atoms with Gasteiger partial charge in [-0.05, 0) is 54.2 Å². The van der Waals surface area contributed by atoms with Crippen molar-refractivity contribution < 1.29 is 84.7 Å². The number of ether oxygens (including phenoxy) is 4. The van der Waals surface area contributed by atoms with Crippen LogP contribution in [-0.4, -0.2) is 148 Å². The number of aliphatic hydroxyl groups is 9. The van der Waals surface area contributed by atoms with Gasteiger partial charge in [-0.1, -0.05) is 38.1 Å². The van der Waals surface area contributed by atoms with Gasteiger partial charge in [0.2, 0.25) is 12.6 Å². The van der Waals surface area contributed by atoms with E-state index in [1.807, 2.05) is 0 Å². The molecule has 11 N–H and O–H groups in total. The average molecular weight is 713 g/mol. The van der Waals surface area contributed by atoms with Crippen LogP contribution >= 0.6 is 0 Å². The monoisotopic (exact) mass is 712 g/mol. The van der Waals surface area contributed by atoms with Gasteiger partial charge in [-0.25, -0.2) is 4.79 Å². The second-order valence-corrected chi connectivity index (χ2v) is 12.9. The number of aliphatic carboxylic acids is 2. The smallest absolute Gasteiger partial charge is 0.337 e. The molecule has 4 rings (SSSR count). The van der Waals surface area contributed by atoms with E-state index < -0.39 is 116 Å². The molecule has 0 radical (unpaired) electrons. The Balaban J connectivity index is 1.60. The molecule has 17 heteroatoms. The first-order valence-corrected chi connectivity index (χ1v) is 15.8. The van der Waals surface area contributed by atoms with Gasteiger partial charge in [0.05, 0.1) is 13.2 Å².